The van der Waals surface area contributed by atoms with Crippen molar-refractivity contribution in [2.45, 2.75) is 39.5 Å². The summed E-state index contributed by atoms with van der Waals surface area (Å²) in [6.07, 6.45) is -0.368. The molecule has 0 unspecified atom stereocenters. The lowest BCUT2D eigenvalue weighted by atomic mass is 10.2. The van der Waals surface area contributed by atoms with Crippen LogP contribution in [0.4, 0.5) is 4.79 Å². The average molecular weight is 248 g/mol. The predicted octanol–water partition coefficient (Wildman–Crippen LogP) is 1.54. The highest BCUT2D eigenvalue weighted by Crippen LogP contribution is 2.26. The molecule has 0 saturated carbocycles. The van der Waals surface area contributed by atoms with Crippen molar-refractivity contribution < 1.29 is 9.53 Å². The van der Waals surface area contributed by atoms with Gasteiger partial charge in [-0.05, 0) is 20.8 Å². The van der Waals surface area contributed by atoms with Gasteiger partial charge in [0.05, 0.1) is 18.8 Å². The van der Waals surface area contributed by atoms with Crippen molar-refractivity contribution >= 4 is 6.09 Å². The Morgan fingerprint density at radius 2 is 2.11 bits per heavy atom. The molecule has 0 N–H and O–H groups in total. The van der Waals surface area contributed by atoms with Gasteiger partial charge in [-0.2, -0.15) is 10.4 Å². The summed E-state index contributed by atoms with van der Waals surface area (Å²) >= 11 is 0. The molecule has 96 valence electrons. The molecule has 2 rings (SSSR count). The summed E-state index contributed by atoms with van der Waals surface area (Å²) in [4.78, 5) is 13.5. The first-order valence-electron chi connectivity index (χ1n) is 5.74. The molecule has 2 heterocycles. The lowest BCUT2D eigenvalue weighted by Crippen LogP contribution is -2.33. The number of nitrogens with zero attached hydrogens (tertiary/aromatic N) is 4. The smallest absolute Gasteiger partial charge is 0.410 e. The fourth-order valence-corrected chi connectivity index (χ4v) is 1.94. The van der Waals surface area contributed by atoms with E-state index in [4.69, 9.17) is 10.00 Å². The molecule has 0 saturated heterocycles. The summed E-state index contributed by atoms with van der Waals surface area (Å²) in [5.74, 6) is 0. The molecule has 1 aromatic heterocycles. The largest absolute Gasteiger partial charge is 0.444 e. The SMILES string of the molecule is Cn1nc2c(c1C#N)CN(C(=O)OC(C)(C)C)C2. The second-order valence-corrected chi connectivity index (χ2v) is 5.35. The van der Waals surface area contributed by atoms with Crippen molar-refractivity contribution in [3.8, 4) is 6.07 Å². The van der Waals surface area contributed by atoms with Gasteiger partial charge in [0.2, 0.25) is 0 Å². The second-order valence-electron chi connectivity index (χ2n) is 5.35. The standard InChI is InChI=1S/C12H16N4O2/c1-12(2,3)18-11(17)16-6-8-9(7-16)14-15(4)10(8)5-13/h6-7H2,1-4H3. The fourth-order valence-electron chi connectivity index (χ4n) is 1.94. The Kier molecular flexibility index (Phi) is 2.77. The number of hydrogen-bond donors (Lipinski definition) is 0. The number of carbonyl (C=O) groups is 1. The van der Waals surface area contributed by atoms with Crippen LogP contribution in [0.3, 0.4) is 0 Å². The van der Waals surface area contributed by atoms with Crippen LogP contribution >= 0.6 is 0 Å². The van der Waals surface area contributed by atoms with Crippen molar-refractivity contribution in [2.24, 2.45) is 7.05 Å². The normalized spacial score (nSPS) is 14.3. The number of fused-ring (bicyclic) bond motifs is 1. The monoisotopic (exact) mass is 248 g/mol. The van der Waals surface area contributed by atoms with Crippen LogP contribution < -0.4 is 0 Å². The third-order valence-electron chi connectivity index (χ3n) is 2.68. The Balaban J connectivity index is 2.14. The number of amides is 1. The Morgan fingerprint density at radius 1 is 1.44 bits per heavy atom. The quantitative estimate of drug-likeness (QED) is 0.698. The zero-order valence-electron chi connectivity index (χ0n) is 11.0. The molecule has 1 amide bonds. The highest BCUT2D eigenvalue weighted by molar-refractivity contribution is 5.69. The van der Waals surface area contributed by atoms with Gasteiger partial charge < -0.3 is 4.74 Å². The summed E-state index contributed by atoms with van der Waals surface area (Å²) in [5.41, 5.74) is 1.60. The Labute approximate surface area is 106 Å². The molecule has 0 bridgehead atoms. The van der Waals surface area contributed by atoms with Gasteiger partial charge in [0.1, 0.15) is 17.4 Å². The van der Waals surface area contributed by atoms with Gasteiger partial charge in [0.15, 0.2) is 0 Å². The highest BCUT2D eigenvalue weighted by Gasteiger charge is 2.32. The summed E-state index contributed by atoms with van der Waals surface area (Å²) in [6, 6.07) is 2.11. The predicted molar refractivity (Wildman–Crippen MR) is 63.4 cm³/mol. The molecule has 1 aliphatic heterocycles. The van der Waals surface area contributed by atoms with Gasteiger partial charge in [0, 0.05) is 12.6 Å². The van der Waals surface area contributed by atoms with Crippen molar-refractivity contribution in [1.29, 1.82) is 5.26 Å². The van der Waals surface area contributed by atoms with Gasteiger partial charge in [0.25, 0.3) is 0 Å². The third-order valence-corrected chi connectivity index (χ3v) is 2.68. The summed E-state index contributed by atoms with van der Waals surface area (Å²) in [7, 11) is 1.73. The molecule has 0 fully saturated rings. The zero-order valence-corrected chi connectivity index (χ0v) is 11.0. The maximum absolute atomic E-state index is 11.9. The van der Waals surface area contributed by atoms with E-state index in [0.29, 0.717) is 18.8 Å². The number of carbonyl (C=O) groups excluding carboxylic acids is 1. The van der Waals surface area contributed by atoms with Gasteiger partial charge in [-0.15, -0.1) is 0 Å². The van der Waals surface area contributed by atoms with Gasteiger partial charge in [-0.3, -0.25) is 9.58 Å². The Bertz CT molecular complexity index is 533. The molecule has 0 radical (unpaired) electrons. The van der Waals surface area contributed by atoms with Crippen molar-refractivity contribution in [3.63, 3.8) is 0 Å². The van der Waals surface area contributed by atoms with Crippen LogP contribution in [0.1, 0.15) is 37.7 Å². The first-order valence-corrected chi connectivity index (χ1v) is 5.74. The Hall–Kier alpha value is -2.03. The van der Waals surface area contributed by atoms with Gasteiger partial charge in [-0.1, -0.05) is 0 Å². The van der Waals surface area contributed by atoms with Crippen LogP contribution in [-0.2, 0) is 24.9 Å². The molecular formula is C12H16N4O2. The summed E-state index contributed by atoms with van der Waals surface area (Å²) in [5, 5.41) is 13.3. The maximum atomic E-state index is 11.9. The van der Waals surface area contributed by atoms with Crippen molar-refractivity contribution in [1.82, 2.24) is 14.7 Å². The van der Waals surface area contributed by atoms with Crippen LogP contribution in [0, 0.1) is 11.3 Å². The number of rotatable bonds is 0. The number of hydrogen-bond acceptors (Lipinski definition) is 4. The van der Waals surface area contributed by atoms with Gasteiger partial charge >= 0.3 is 6.09 Å². The first kappa shape index (κ1) is 12.4. The van der Waals surface area contributed by atoms with E-state index >= 15 is 0 Å². The molecule has 1 aromatic rings. The lowest BCUT2D eigenvalue weighted by molar-refractivity contribution is 0.0239. The minimum absolute atomic E-state index is 0.368. The molecule has 1 aliphatic rings. The highest BCUT2D eigenvalue weighted by atomic mass is 16.6. The molecule has 6 heteroatoms. The first-order chi connectivity index (χ1) is 8.31. The van der Waals surface area contributed by atoms with E-state index in [1.807, 2.05) is 20.8 Å². The topological polar surface area (TPSA) is 71.2 Å². The minimum atomic E-state index is -0.514. The van der Waals surface area contributed by atoms with Crippen molar-refractivity contribution in [2.75, 3.05) is 0 Å². The molecule has 0 spiro atoms. The summed E-state index contributed by atoms with van der Waals surface area (Å²) < 4.78 is 6.85. The molecular weight excluding hydrogens is 232 g/mol. The van der Waals surface area contributed by atoms with E-state index in [1.54, 1.807) is 16.6 Å². The van der Waals surface area contributed by atoms with E-state index in [2.05, 4.69) is 11.2 Å². The molecule has 0 aliphatic carbocycles. The maximum Gasteiger partial charge on any atom is 0.410 e. The lowest BCUT2D eigenvalue weighted by Gasteiger charge is -2.24. The minimum Gasteiger partial charge on any atom is -0.444 e. The van der Waals surface area contributed by atoms with Crippen molar-refractivity contribution in [3.05, 3.63) is 17.0 Å². The Morgan fingerprint density at radius 3 is 2.67 bits per heavy atom. The number of nitriles is 1. The number of aryl methyl sites for hydroxylation is 1. The van der Waals surface area contributed by atoms with Crippen LogP contribution in [0.25, 0.3) is 0 Å². The van der Waals surface area contributed by atoms with E-state index in [-0.39, 0.29) is 6.09 Å². The van der Waals surface area contributed by atoms with Crippen LogP contribution in [-0.4, -0.2) is 26.4 Å². The fraction of sp³-hybridized carbons (Fsp3) is 0.583. The van der Waals surface area contributed by atoms with Crippen LogP contribution in [0.15, 0.2) is 0 Å². The van der Waals surface area contributed by atoms with E-state index in [0.717, 1.165) is 11.3 Å². The van der Waals surface area contributed by atoms with Gasteiger partial charge in [-0.25, -0.2) is 4.79 Å². The van der Waals surface area contributed by atoms with E-state index in [1.165, 1.54) is 0 Å². The number of aromatic nitrogens is 2. The third kappa shape index (κ3) is 2.16. The van der Waals surface area contributed by atoms with Crippen LogP contribution in [0.5, 0.6) is 0 Å². The average Bonchev–Trinajstić information content (AvgIpc) is 2.71. The van der Waals surface area contributed by atoms with E-state index < -0.39 is 5.60 Å². The molecule has 18 heavy (non-hydrogen) atoms. The molecule has 0 aromatic carbocycles. The molecule has 0 atom stereocenters. The molecule has 6 nitrogen and oxygen atoms in total. The zero-order chi connectivity index (χ0) is 13.5. The number of ether oxygens (including phenoxy) is 1. The van der Waals surface area contributed by atoms with E-state index in [9.17, 15) is 4.79 Å². The van der Waals surface area contributed by atoms with Crippen LogP contribution in [0.2, 0.25) is 0 Å². The second kappa shape index (κ2) is 4.02. The summed E-state index contributed by atoms with van der Waals surface area (Å²) in [6.45, 7) is 6.27.